The molecule has 0 N–H and O–H groups in total. The minimum atomic E-state index is 0.126. The van der Waals surface area contributed by atoms with Crippen LogP contribution in [0.4, 0.5) is 0 Å². The number of nitrogens with zero attached hydrogens (tertiary/aromatic N) is 2. The van der Waals surface area contributed by atoms with Crippen LogP contribution in [0, 0.1) is 0 Å². The zero-order valence-electron chi connectivity index (χ0n) is 14.6. The number of hydrogen-bond acceptors (Lipinski definition) is 5. The molecule has 1 aromatic carbocycles. The van der Waals surface area contributed by atoms with E-state index in [4.69, 9.17) is 25.8 Å². The predicted molar refractivity (Wildman–Crippen MR) is 95.7 cm³/mol. The van der Waals surface area contributed by atoms with Crippen molar-refractivity contribution in [2.75, 3.05) is 59.7 Å². The van der Waals surface area contributed by atoms with Crippen molar-refractivity contribution < 1.29 is 19.0 Å². The maximum Gasteiger partial charge on any atom is 0.227 e. The van der Waals surface area contributed by atoms with Crippen molar-refractivity contribution in [2.45, 2.75) is 12.8 Å². The Morgan fingerprint density at radius 3 is 2.88 bits per heavy atom. The summed E-state index contributed by atoms with van der Waals surface area (Å²) in [5.41, 5.74) is 0.861. The summed E-state index contributed by atoms with van der Waals surface area (Å²) in [6, 6.07) is 3.66. The van der Waals surface area contributed by atoms with E-state index in [0.717, 1.165) is 51.3 Å². The van der Waals surface area contributed by atoms with E-state index in [1.807, 2.05) is 11.0 Å². The number of hydrogen-bond donors (Lipinski definition) is 0. The summed E-state index contributed by atoms with van der Waals surface area (Å²) in [6.45, 7) is 6.07. The Morgan fingerprint density at radius 1 is 1.20 bits per heavy atom. The van der Waals surface area contributed by atoms with Crippen LogP contribution in [0.1, 0.15) is 12.0 Å². The van der Waals surface area contributed by atoms with E-state index in [1.165, 1.54) is 0 Å². The Morgan fingerprint density at radius 2 is 2.04 bits per heavy atom. The maximum atomic E-state index is 12.7. The monoisotopic (exact) mass is 368 g/mol. The van der Waals surface area contributed by atoms with Crippen LogP contribution >= 0.6 is 11.6 Å². The topological polar surface area (TPSA) is 51.2 Å². The van der Waals surface area contributed by atoms with Gasteiger partial charge < -0.3 is 19.1 Å². The molecule has 0 atom stereocenters. The number of benzene rings is 1. The summed E-state index contributed by atoms with van der Waals surface area (Å²) < 4.78 is 16.3. The van der Waals surface area contributed by atoms with Crippen molar-refractivity contribution in [1.82, 2.24) is 9.80 Å². The highest BCUT2D eigenvalue weighted by Crippen LogP contribution is 2.38. The highest BCUT2D eigenvalue weighted by Gasteiger charge is 2.21. The first kappa shape index (κ1) is 18.3. The lowest BCUT2D eigenvalue weighted by atomic mass is 10.1. The van der Waals surface area contributed by atoms with Gasteiger partial charge in [0.25, 0.3) is 0 Å². The number of amides is 1. The normalized spacial score (nSPS) is 18.1. The van der Waals surface area contributed by atoms with E-state index in [9.17, 15) is 4.79 Å². The molecule has 1 fully saturated rings. The van der Waals surface area contributed by atoms with Gasteiger partial charge in [0, 0.05) is 33.3 Å². The molecule has 1 amide bonds. The molecule has 0 saturated carbocycles. The zero-order chi connectivity index (χ0) is 17.6. The van der Waals surface area contributed by atoms with Gasteiger partial charge in [-0.1, -0.05) is 11.6 Å². The van der Waals surface area contributed by atoms with Gasteiger partial charge in [0.1, 0.15) is 13.2 Å². The number of carbonyl (C=O) groups excluding carboxylic acids is 1. The smallest absolute Gasteiger partial charge is 0.227 e. The first-order valence-corrected chi connectivity index (χ1v) is 9.12. The van der Waals surface area contributed by atoms with Crippen LogP contribution in [0.25, 0.3) is 0 Å². The van der Waals surface area contributed by atoms with E-state index >= 15 is 0 Å². The number of methoxy groups -OCH3 is 1. The summed E-state index contributed by atoms with van der Waals surface area (Å²) in [5.74, 6) is 1.33. The van der Waals surface area contributed by atoms with Gasteiger partial charge in [-0.3, -0.25) is 9.69 Å². The molecular weight excluding hydrogens is 344 g/mol. The molecule has 0 aliphatic carbocycles. The second kappa shape index (κ2) is 8.74. The molecule has 25 heavy (non-hydrogen) atoms. The first-order chi connectivity index (χ1) is 12.2. The van der Waals surface area contributed by atoms with Gasteiger partial charge in [0.2, 0.25) is 5.91 Å². The molecule has 0 spiro atoms. The van der Waals surface area contributed by atoms with Crippen molar-refractivity contribution in [3.63, 3.8) is 0 Å². The summed E-state index contributed by atoms with van der Waals surface area (Å²) in [5, 5.41) is 0.501. The molecule has 2 aliphatic rings. The third kappa shape index (κ3) is 4.77. The molecule has 7 heteroatoms. The number of carbonyl (C=O) groups is 1. The molecule has 0 aromatic heterocycles. The van der Waals surface area contributed by atoms with Crippen LogP contribution in [0.15, 0.2) is 12.1 Å². The van der Waals surface area contributed by atoms with Gasteiger partial charge in [0.05, 0.1) is 18.1 Å². The fourth-order valence-corrected chi connectivity index (χ4v) is 3.50. The zero-order valence-corrected chi connectivity index (χ0v) is 15.4. The molecule has 3 rings (SSSR count). The second-order valence-corrected chi connectivity index (χ2v) is 6.75. The molecule has 0 bridgehead atoms. The van der Waals surface area contributed by atoms with Gasteiger partial charge >= 0.3 is 0 Å². The second-order valence-electron chi connectivity index (χ2n) is 6.35. The first-order valence-electron chi connectivity index (χ1n) is 8.74. The van der Waals surface area contributed by atoms with Gasteiger partial charge in [-0.25, -0.2) is 0 Å². The number of rotatable bonds is 5. The van der Waals surface area contributed by atoms with E-state index in [0.29, 0.717) is 36.2 Å². The van der Waals surface area contributed by atoms with Crippen molar-refractivity contribution in [1.29, 1.82) is 0 Å². The van der Waals surface area contributed by atoms with Crippen LogP contribution in [-0.2, 0) is 16.0 Å². The molecule has 6 nitrogen and oxygen atoms in total. The summed E-state index contributed by atoms with van der Waals surface area (Å²) in [6.07, 6.45) is 1.31. The average molecular weight is 369 g/mol. The molecular formula is C18H25ClN2O4. The lowest BCUT2D eigenvalue weighted by molar-refractivity contribution is -0.130. The van der Waals surface area contributed by atoms with Crippen LogP contribution < -0.4 is 9.47 Å². The van der Waals surface area contributed by atoms with E-state index in [2.05, 4.69) is 4.90 Å². The van der Waals surface area contributed by atoms with Crippen molar-refractivity contribution >= 4 is 17.5 Å². The highest BCUT2D eigenvalue weighted by molar-refractivity contribution is 6.32. The van der Waals surface area contributed by atoms with Crippen LogP contribution in [0.2, 0.25) is 5.02 Å². The molecule has 0 unspecified atom stereocenters. The SMILES string of the molecule is COCCN1CCCN(C(=O)Cc2cc(Cl)c3c(c2)OCCO3)CC1. The predicted octanol–water partition coefficient (Wildman–Crippen LogP) is 1.83. The minimum absolute atomic E-state index is 0.126. The van der Waals surface area contributed by atoms with E-state index < -0.39 is 0 Å². The van der Waals surface area contributed by atoms with E-state index in [-0.39, 0.29) is 5.91 Å². The average Bonchev–Trinajstić information content (AvgIpc) is 2.86. The minimum Gasteiger partial charge on any atom is -0.486 e. The third-order valence-electron chi connectivity index (χ3n) is 4.56. The van der Waals surface area contributed by atoms with E-state index in [1.54, 1.807) is 13.2 Å². The van der Waals surface area contributed by atoms with Crippen molar-refractivity contribution in [3.8, 4) is 11.5 Å². The lowest BCUT2D eigenvalue weighted by Gasteiger charge is -2.23. The highest BCUT2D eigenvalue weighted by atomic mass is 35.5. The standard InChI is InChI=1S/C18H25ClN2O4/c1-23-8-7-20-3-2-4-21(6-5-20)17(22)13-14-11-15(19)18-16(12-14)24-9-10-25-18/h11-12H,2-10,13H2,1H3. The van der Waals surface area contributed by atoms with Gasteiger partial charge in [-0.2, -0.15) is 0 Å². The molecule has 2 aliphatic heterocycles. The Balaban J connectivity index is 1.59. The molecule has 1 aromatic rings. The van der Waals surface area contributed by atoms with Gasteiger partial charge in [-0.05, 0) is 30.7 Å². The van der Waals surface area contributed by atoms with Crippen LogP contribution in [-0.4, -0.2) is 75.4 Å². The third-order valence-corrected chi connectivity index (χ3v) is 4.85. The van der Waals surface area contributed by atoms with Crippen molar-refractivity contribution in [3.05, 3.63) is 22.7 Å². The number of halogens is 1. The molecule has 0 radical (unpaired) electrons. The summed E-state index contributed by atoms with van der Waals surface area (Å²) in [7, 11) is 1.71. The fraction of sp³-hybridized carbons (Fsp3) is 0.611. The number of fused-ring (bicyclic) bond motifs is 1. The van der Waals surface area contributed by atoms with Gasteiger partial charge in [-0.15, -0.1) is 0 Å². The Hall–Kier alpha value is -1.50. The largest absolute Gasteiger partial charge is 0.486 e. The van der Waals surface area contributed by atoms with Crippen molar-refractivity contribution in [2.24, 2.45) is 0 Å². The Labute approximate surface area is 153 Å². The Bertz CT molecular complexity index is 611. The molecule has 138 valence electrons. The molecule has 1 saturated heterocycles. The Kier molecular flexibility index (Phi) is 6.39. The summed E-state index contributed by atoms with van der Waals surface area (Å²) >= 11 is 6.26. The number of ether oxygens (including phenoxy) is 3. The van der Waals surface area contributed by atoms with Crippen LogP contribution in [0.3, 0.4) is 0 Å². The van der Waals surface area contributed by atoms with Crippen LogP contribution in [0.5, 0.6) is 11.5 Å². The molecule has 2 heterocycles. The summed E-state index contributed by atoms with van der Waals surface area (Å²) in [4.78, 5) is 17.0. The maximum absolute atomic E-state index is 12.7. The lowest BCUT2D eigenvalue weighted by Crippen LogP contribution is -2.36. The van der Waals surface area contributed by atoms with Gasteiger partial charge in [0.15, 0.2) is 11.5 Å². The fourth-order valence-electron chi connectivity index (χ4n) is 3.22. The quantitative estimate of drug-likeness (QED) is 0.793.